The Balaban J connectivity index is 1.55. The van der Waals surface area contributed by atoms with E-state index in [4.69, 9.17) is 0 Å². The van der Waals surface area contributed by atoms with Gasteiger partial charge in [0.05, 0.1) is 6.54 Å². The van der Waals surface area contributed by atoms with Crippen LogP contribution < -0.4 is 5.32 Å². The van der Waals surface area contributed by atoms with Gasteiger partial charge in [0.1, 0.15) is 6.33 Å². The number of nitrogens with zero attached hydrogens (tertiary/aromatic N) is 3. The van der Waals surface area contributed by atoms with Gasteiger partial charge in [0.2, 0.25) is 11.9 Å². The Hall–Kier alpha value is -2.47. The summed E-state index contributed by atoms with van der Waals surface area (Å²) in [5, 5.41) is 7.08. The van der Waals surface area contributed by atoms with Gasteiger partial charge in [-0.2, -0.15) is 0 Å². The second-order valence-corrected chi connectivity index (χ2v) is 6.87. The molecule has 1 N–H and O–H groups in total. The first kappa shape index (κ1) is 17.4. The van der Waals surface area contributed by atoms with Crippen LogP contribution in [0, 0.1) is 0 Å². The summed E-state index contributed by atoms with van der Waals surface area (Å²) < 4.78 is 2.75. The fourth-order valence-electron chi connectivity index (χ4n) is 2.56. The summed E-state index contributed by atoms with van der Waals surface area (Å²) in [5.74, 6) is 0.395. The number of aromatic nitrogens is 3. The average molecular weight is 399 g/mol. The van der Waals surface area contributed by atoms with Crippen LogP contribution in [0.2, 0.25) is 0 Å². The lowest BCUT2D eigenvalue weighted by Crippen LogP contribution is -2.15. The molecule has 1 amide bonds. The van der Waals surface area contributed by atoms with Crippen molar-refractivity contribution >= 4 is 27.8 Å². The highest BCUT2D eigenvalue weighted by Gasteiger charge is 2.13. The molecule has 3 rings (SSSR count). The normalized spacial score (nSPS) is 11.9. The minimum Gasteiger partial charge on any atom is -0.293 e. The maximum absolute atomic E-state index is 12.2. The SMILES string of the molecule is CC(CC(=O)Nc1ncn(Cc2ccc(Br)cc2)n1)c1ccccc1. The molecule has 5 nitrogen and oxygen atoms in total. The fourth-order valence-corrected chi connectivity index (χ4v) is 2.82. The van der Waals surface area contributed by atoms with Gasteiger partial charge < -0.3 is 0 Å². The topological polar surface area (TPSA) is 59.8 Å². The van der Waals surface area contributed by atoms with Crippen molar-refractivity contribution in [3.63, 3.8) is 0 Å². The highest BCUT2D eigenvalue weighted by Crippen LogP contribution is 2.19. The van der Waals surface area contributed by atoms with Crippen LogP contribution in [-0.4, -0.2) is 20.7 Å². The van der Waals surface area contributed by atoms with Crippen LogP contribution >= 0.6 is 15.9 Å². The summed E-state index contributed by atoms with van der Waals surface area (Å²) in [7, 11) is 0. The molecule has 1 unspecified atom stereocenters. The average Bonchev–Trinajstić information content (AvgIpc) is 3.04. The van der Waals surface area contributed by atoms with Crippen LogP contribution in [-0.2, 0) is 11.3 Å². The van der Waals surface area contributed by atoms with Gasteiger partial charge in [0.25, 0.3) is 0 Å². The van der Waals surface area contributed by atoms with E-state index >= 15 is 0 Å². The van der Waals surface area contributed by atoms with E-state index in [9.17, 15) is 4.79 Å². The van der Waals surface area contributed by atoms with E-state index in [0.29, 0.717) is 18.9 Å². The molecule has 2 aromatic carbocycles. The summed E-state index contributed by atoms with van der Waals surface area (Å²) in [6, 6.07) is 18.0. The van der Waals surface area contributed by atoms with Crippen molar-refractivity contribution in [2.75, 3.05) is 5.32 Å². The quantitative estimate of drug-likeness (QED) is 0.675. The Morgan fingerprint density at radius 2 is 1.88 bits per heavy atom. The van der Waals surface area contributed by atoms with E-state index in [0.717, 1.165) is 15.6 Å². The molecule has 25 heavy (non-hydrogen) atoms. The molecule has 0 fully saturated rings. The molecular formula is C19H19BrN4O. The number of amides is 1. The van der Waals surface area contributed by atoms with Crippen LogP contribution in [0.5, 0.6) is 0 Å². The highest BCUT2D eigenvalue weighted by atomic mass is 79.9. The molecule has 1 heterocycles. The fraction of sp³-hybridized carbons (Fsp3) is 0.211. The maximum atomic E-state index is 12.2. The number of carbonyl (C=O) groups excluding carboxylic acids is 1. The first-order valence-electron chi connectivity index (χ1n) is 8.09. The largest absolute Gasteiger partial charge is 0.293 e. The van der Waals surface area contributed by atoms with Gasteiger partial charge in [-0.05, 0) is 29.2 Å². The van der Waals surface area contributed by atoms with Crippen LogP contribution in [0.15, 0.2) is 65.4 Å². The Kier molecular flexibility index (Phi) is 5.60. The van der Waals surface area contributed by atoms with Crippen molar-refractivity contribution in [2.24, 2.45) is 0 Å². The predicted molar refractivity (Wildman–Crippen MR) is 101 cm³/mol. The van der Waals surface area contributed by atoms with Gasteiger partial charge in [-0.3, -0.25) is 10.1 Å². The predicted octanol–water partition coefficient (Wildman–Crippen LogP) is 4.22. The van der Waals surface area contributed by atoms with E-state index in [2.05, 4.69) is 31.3 Å². The molecule has 0 saturated heterocycles. The molecule has 0 saturated carbocycles. The first-order valence-corrected chi connectivity index (χ1v) is 8.88. The molecule has 1 aromatic heterocycles. The number of anilines is 1. The number of rotatable bonds is 6. The Morgan fingerprint density at radius 3 is 2.60 bits per heavy atom. The molecule has 0 aliphatic carbocycles. The van der Waals surface area contributed by atoms with Crippen molar-refractivity contribution in [3.8, 4) is 0 Å². The minimum atomic E-state index is -0.0854. The summed E-state index contributed by atoms with van der Waals surface area (Å²) in [6.45, 7) is 2.64. The van der Waals surface area contributed by atoms with Crippen LogP contribution in [0.3, 0.4) is 0 Å². The summed E-state index contributed by atoms with van der Waals surface area (Å²) >= 11 is 3.42. The summed E-state index contributed by atoms with van der Waals surface area (Å²) in [5.41, 5.74) is 2.26. The third-order valence-electron chi connectivity index (χ3n) is 3.91. The zero-order chi connectivity index (χ0) is 17.6. The van der Waals surface area contributed by atoms with Gasteiger partial charge >= 0.3 is 0 Å². The monoisotopic (exact) mass is 398 g/mol. The summed E-state index contributed by atoms with van der Waals surface area (Å²) in [4.78, 5) is 16.4. The zero-order valence-electron chi connectivity index (χ0n) is 13.9. The molecule has 0 radical (unpaired) electrons. The van der Waals surface area contributed by atoms with Crippen molar-refractivity contribution in [1.82, 2.24) is 14.8 Å². The number of hydrogen-bond acceptors (Lipinski definition) is 3. The van der Waals surface area contributed by atoms with Crippen LogP contribution in [0.25, 0.3) is 0 Å². The highest BCUT2D eigenvalue weighted by molar-refractivity contribution is 9.10. The number of hydrogen-bond donors (Lipinski definition) is 1. The molecule has 3 aromatic rings. The lowest BCUT2D eigenvalue weighted by Gasteiger charge is -2.10. The molecular weight excluding hydrogens is 380 g/mol. The molecule has 0 bridgehead atoms. The van der Waals surface area contributed by atoms with E-state index in [1.165, 1.54) is 0 Å². The van der Waals surface area contributed by atoms with Crippen molar-refractivity contribution in [3.05, 3.63) is 76.5 Å². The van der Waals surface area contributed by atoms with E-state index in [1.54, 1.807) is 11.0 Å². The van der Waals surface area contributed by atoms with E-state index in [1.807, 2.05) is 61.5 Å². The van der Waals surface area contributed by atoms with Crippen molar-refractivity contribution in [1.29, 1.82) is 0 Å². The van der Waals surface area contributed by atoms with E-state index < -0.39 is 0 Å². The number of halogens is 1. The van der Waals surface area contributed by atoms with Crippen molar-refractivity contribution in [2.45, 2.75) is 25.8 Å². The second-order valence-electron chi connectivity index (χ2n) is 5.96. The van der Waals surface area contributed by atoms with Gasteiger partial charge in [-0.1, -0.05) is 65.3 Å². The van der Waals surface area contributed by atoms with E-state index in [-0.39, 0.29) is 11.8 Å². The van der Waals surface area contributed by atoms with Gasteiger partial charge in [-0.15, -0.1) is 5.10 Å². The summed E-state index contributed by atoms with van der Waals surface area (Å²) in [6.07, 6.45) is 2.02. The maximum Gasteiger partial charge on any atom is 0.248 e. The smallest absolute Gasteiger partial charge is 0.248 e. The van der Waals surface area contributed by atoms with Gasteiger partial charge in [0.15, 0.2) is 0 Å². The Bertz CT molecular complexity index is 830. The van der Waals surface area contributed by atoms with Crippen molar-refractivity contribution < 1.29 is 4.79 Å². The van der Waals surface area contributed by atoms with Gasteiger partial charge in [0, 0.05) is 10.9 Å². The number of benzene rings is 2. The second kappa shape index (κ2) is 8.07. The lowest BCUT2D eigenvalue weighted by molar-refractivity contribution is -0.116. The first-order chi connectivity index (χ1) is 12.1. The zero-order valence-corrected chi connectivity index (χ0v) is 15.5. The minimum absolute atomic E-state index is 0.0854. The third-order valence-corrected chi connectivity index (χ3v) is 4.43. The van der Waals surface area contributed by atoms with Gasteiger partial charge in [-0.25, -0.2) is 9.67 Å². The molecule has 0 aliphatic rings. The lowest BCUT2D eigenvalue weighted by atomic mass is 9.98. The van der Waals surface area contributed by atoms with Crippen LogP contribution in [0.1, 0.15) is 30.4 Å². The third kappa shape index (κ3) is 5.00. The Labute approximate surface area is 155 Å². The standard InChI is InChI=1S/C19H19BrN4O/c1-14(16-5-3-2-4-6-16)11-18(25)22-19-21-13-24(23-19)12-15-7-9-17(20)10-8-15/h2-10,13-14H,11-12H2,1H3,(H,22,23,25). The molecule has 0 aliphatic heterocycles. The molecule has 128 valence electrons. The molecule has 1 atom stereocenters. The number of nitrogens with one attached hydrogen (secondary N) is 1. The molecule has 6 heteroatoms. The number of carbonyl (C=O) groups is 1. The Morgan fingerprint density at radius 1 is 1.16 bits per heavy atom. The van der Waals surface area contributed by atoms with Crippen LogP contribution in [0.4, 0.5) is 5.95 Å². The molecule has 0 spiro atoms.